The molecule has 4 saturated carbocycles. The Bertz CT molecular complexity index is 743. The first-order valence-electron chi connectivity index (χ1n) is 13.7. The van der Waals surface area contributed by atoms with Gasteiger partial charge in [0.05, 0.1) is 37.3 Å². The van der Waals surface area contributed by atoms with Crippen molar-refractivity contribution in [1.82, 2.24) is 0 Å². The van der Waals surface area contributed by atoms with Crippen LogP contribution in [0.1, 0.15) is 66.7 Å². The van der Waals surface area contributed by atoms with E-state index < -0.39 is 35.1 Å². The van der Waals surface area contributed by atoms with Crippen molar-refractivity contribution >= 4 is 5.97 Å². The number of carbonyl (C=O) groups is 1. The van der Waals surface area contributed by atoms with Crippen LogP contribution in [0.3, 0.4) is 0 Å². The Kier molecular flexibility index (Phi) is 8.88. The van der Waals surface area contributed by atoms with E-state index in [0.29, 0.717) is 64.8 Å². The molecule has 5 aliphatic rings. The Labute approximate surface area is 218 Å². The van der Waals surface area contributed by atoms with Gasteiger partial charge in [-0.2, -0.15) is 0 Å². The van der Waals surface area contributed by atoms with E-state index in [1.54, 1.807) is 0 Å². The van der Waals surface area contributed by atoms with Gasteiger partial charge < -0.3 is 33.2 Å². The summed E-state index contributed by atoms with van der Waals surface area (Å²) in [6, 6.07) is 0. The van der Waals surface area contributed by atoms with Crippen molar-refractivity contribution < 1.29 is 46.7 Å². The zero-order valence-electron chi connectivity index (χ0n) is 22.9. The van der Waals surface area contributed by atoms with Gasteiger partial charge in [0.2, 0.25) is 0 Å². The third kappa shape index (κ3) is 6.30. The average Bonchev–Trinajstić information content (AvgIpc) is 2.84. The molecule has 37 heavy (non-hydrogen) atoms. The summed E-state index contributed by atoms with van der Waals surface area (Å²) in [5, 5.41) is 0. The lowest BCUT2D eigenvalue weighted by Gasteiger charge is -2.65. The van der Waals surface area contributed by atoms with Crippen LogP contribution in [0.4, 0.5) is 8.78 Å². The molecular formula is C27H44F2O8. The summed E-state index contributed by atoms with van der Waals surface area (Å²) in [6.45, 7) is 9.96. The molecule has 1 saturated heterocycles. The first-order valence-corrected chi connectivity index (χ1v) is 13.7. The molecule has 214 valence electrons. The van der Waals surface area contributed by atoms with E-state index in [4.69, 9.17) is 33.2 Å². The summed E-state index contributed by atoms with van der Waals surface area (Å²) in [4.78, 5) is 13.0. The minimum atomic E-state index is -3.04. The van der Waals surface area contributed by atoms with Gasteiger partial charge in [0, 0.05) is 32.0 Å². The molecule has 1 aliphatic heterocycles. The molecule has 0 amide bonds. The molecule has 4 unspecified atom stereocenters. The maximum absolute atomic E-state index is 13.4. The van der Waals surface area contributed by atoms with E-state index in [-0.39, 0.29) is 24.4 Å². The standard InChI is InChI=1S/C27H44F2O8/c1-6-31-18(3)33-14-25(15-34-19(4)32-7-2)16-36-27(37-17-25)21-8-20-9-22(27)12-26(10-20,11-21)23(30)35-13-24(5,28)29/h18-22H,6-17H2,1-5H3. The molecule has 0 aromatic carbocycles. The summed E-state index contributed by atoms with van der Waals surface area (Å²) in [5.74, 6) is -3.94. The fraction of sp³-hybridized carbons (Fsp3) is 0.963. The molecule has 8 nitrogen and oxygen atoms in total. The number of rotatable bonds is 13. The van der Waals surface area contributed by atoms with E-state index >= 15 is 0 Å². The fourth-order valence-electron chi connectivity index (χ4n) is 6.97. The first kappa shape index (κ1) is 29.1. The smallest absolute Gasteiger partial charge is 0.312 e. The molecule has 0 N–H and O–H groups in total. The highest BCUT2D eigenvalue weighted by Crippen LogP contribution is 2.66. The molecule has 4 aliphatic carbocycles. The molecular weight excluding hydrogens is 490 g/mol. The Morgan fingerprint density at radius 2 is 1.43 bits per heavy atom. The van der Waals surface area contributed by atoms with Gasteiger partial charge in [-0.3, -0.25) is 4.79 Å². The second-order valence-electron chi connectivity index (χ2n) is 11.7. The van der Waals surface area contributed by atoms with E-state index in [9.17, 15) is 13.6 Å². The highest BCUT2D eigenvalue weighted by molar-refractivity contribution is 5.77. The van der Waals surface area contributed by atoms with Crippen LogP contribution in [-0.2, 0) is 38.0 Å². The van der Waals surface area contributed by atoms with Gasteiger partial charge in [0.15, 0.2) is 25.0 Å². The monoisotopic (exact) mass is 534 g/mol. The van der Waals surface area contributed by atoms with Crippen LogP contribution in [0.15, 0.2) is 0 Å². The van der Waals surface area contributed by atoms with Crippen LogP contribution >= 0.6 is 0 Å². The van der Waals surface area contributed by atoms with Crippen LogP contribution < -0.4 is 0 Å². The van der Waals surface area contributed by atoms with E-state index in [1.165, 1.54) is 0 Å². The molecule has 0 radical (unpaired) electrons. The Morgan fingerprint density at radius 1 is 0.919 bits per heavy atom. The summed E-state index contributed by atoms with van der Waals surface area (Å²) in [6.07, 6.45) is 2.83. The predicted molar refractivity (Wildman–Crippen MR) is 129 cm³/mol. The minimum absolute atomic E-state index is 0.0120. The minimum Gasteiger partial charge on any atom is -0.459 e. The van der Waals surface area contributed by atoms with Gasteiger partial charge in [-0.15, -0.1) is 0 Å². The number of alkyl halides is 2. The van der Waals surface area contributed by atoms with Crippen LogP contribution in [0.5, 0.6) is 0 Å². The number of carbonyl (C=O) groups excluding carboxylic acids is 1. The van der Waals surface area contributed by atoms with E-state index in [1.807, 2.05) is 27.7 Å². The first-order chi connectivity index (χ1) is 17.4. The van der Waals surface area contributed by atoms with Crippen molar-refractivity contribution in [3.05, 3.63) is 0 Å². The topological polar surface area (TPSA) is 81.7 Å². The second-order valence-corrected chi connectivity index (χ2v) is 11.7. The Hall–Kier alpha value is -0.910. The second kappa shape index (κ2) is 11.3. The lowest BCUT2D eigenvalue weighted by Crippen LogP contribution is -2.68. The summed E-state index contributed by atoms with van der Waals surface area (Å²) >= 11 is 0. The maximum Gasteiger partial charge on any atom is 0.312 e. The molecule has 5 fully saturated rings. The third-order valence-corrected chi connectivity index (χ3v) is 8.48. The van der Waals surface area contributed by atoms with Gasteiger partial charge >= 0.3 is 5.97 Å². The molecule has 4 bridgehead atoms. The molecule has 5 rings (SSSR count). The summed E-state index contributed by atoms with van der Waals surface area (Å²) in [7, 11) is 0. The van der Waals surface area contributed by atoms with Gasteiger partial charge in [-0.25, -0.2) is 8.78 Å². The predicted octanol–water partition coefficient (Wildman–Crippen LogP) is 4.54. The summed E-state index contributed by atoms with van der Waals surface area (Å²) in [5.41, 5.74) is -1.26. The van der Waals surface area contributed by atoms with Crippen molar-refractivity contribution in [3.8, 4) is 0 Å². The van der Waals surface area contributed by atoms with Crippen molar-refractivity contribution in [2.45, 2.75) is 91.0 Å². The number of esters is 1. The van der Waals surface area contributed by atoms with Gasteiger partial charge in [-0.05, 0) is 65.7 Å². The average molecular weight is 535 g/mol. The van der Waals surface area contributed by atoms with Gasteiger partial charge in [0.25, 0.3) is 5.92 Å². The molecule has 1 spiro atoms. The van der Waals surface area contributed by atoms with Crippen molar-refractivity contribution in [2.24, 2.45) is 28.6 Å². The number of ether oxygens (including phenoxy) is 7. The van der Waals surface area contributed by atoms with Crippen molar-refractivity contribution in [1.29, 1.82) is 0 Å². The zero-order valence-corrected chi connectivity index (χ0v) is 22.9. The Morgan fingerprint density at radius 3 is 1.89 bits per heavy atom. The molecule has 1 heterocycles. The molecule has 10 heteroatoms. The van der Waals surface area contributed by atoms with Crippen LogP contribution in [-0.4, -0.2) is 76.5 Å². The number of halogens is 2. The third-order valence-electron chi connectivity index (χ3n) is 8.48. The quantitative estimate of drug-likeness (QED) is 0.252. The maximum atomic E-state index is 13.4. The lowest BCUT2D eigenvalue weighted by atomic mass is 9.47. The summed E-state index contributed by atoms with van der Waals surface area (Å²) < 4.78 is 68.2. The van der Waals surface area contributed by atoms with Crippen molar-refractivity contribution in [3.63, 3.8) is 0 Å². The molecule has 0 aromatic rings. The zero-order chi connectivity index (χ0) is 26.9. The highest BCUT2D eigenvalue weighted by atomic mass is 19.3. The van der Waals surface area contributed by atoms with E-state index in [0.717, 1.165) is 19.8 Å². The van der Waals surface area contributed by atoms with Crippen LogP contribution in [0.25, 0.3) is 0 Å². The van der Waals surface area contributed by atoms with Crippen LogP contribution in [0.2, 0.25) is 0 Å². The lowest BCUT2D eigenvalue weighted by molar-refractivity contribution is -0.395. The van der Waals surface area contributed by atoms with Crippen molar-refractivity contribution in [2.75, 3.05) is 46.2 Å². The molecule has 4 atom stereocenters. The molecule has 0 aromatic heterocycles. The SMILES string of the molecule is CCOC(C)OCC1(COC(C)OCC)COC2(OC1)C1CC3CC2CC(C(=O)OCC(C)(F)F)(C3)C1. The van der Waals surface area contributed by atoms with E-state index in [2.05, 4.69) is 0 Å². The number of hydrogen-bond donors (Lipinski definition) is 0. The highest BCUT2D eigenvalue weighted by Gasteiger charge is 2.68. The van der Waals surface area contributed by atoms with Gasteiger partial charge in [-0.1, -0.05) is 0 Å². The normalized spacial score (nSPS) is 38.6. The van der Waals surface area contributed by atoms with Crippen LogP contribution in [0, 0.1) is 28.6 Å². The largest absolute Gasteiger partial charge is 0.459 e. The fourth-order valence-corrected chi connectivity index (χ4v) is 6.97. The number of hydrogen-bond acceptors (Lipinski definition) is 8. The Balaban J connectivity index is 1.44. The van der Waals surface area contributed by atoms with Gasteiger partial charge in [0.1, 0.15) is 0 Å².